The van der Waals surface area contributed by atoms with E-state index in [-0.39, 0.29) is 6.04 Å². The van der Waals surface area contributed by atoms with Gasteiger partial charge in [0, 0.05) is 11.1 Å². The highest BCUT2D eigenvalue weighted by Crippen LogP contribution is 2.22. The van der Waals surface area contributed by atoms with Gasteiger partial charge in [-0.2, -0.15) is 0 Å². The van der Waals surface area contributed by atoms with Gasteiger partial charge in [0.15, 0.2) is 0 Å². The molecule has 0 spiro atoms. The highest BCUT2D eigenvalue weighted by Gasteiger charge is 2.06. The summed E-state index contributed by atoms with van der Waals surface area (Å²) in [4.78, 5) is 0. The number of aryl methyl sites for hydroxylation is 1. The zero-order chi connectivity index (χ0) is 12.0. The molecule has 0 saturated carbocycles. The van der Waals surface area contributed by atoms with Gasteiger partial charge in [-0.05, 0) is 30.5 Å². The van der Waals surface area contributed by atoms with Crippen LogP contribution in [0.25, 0.3) is 0 Å². The lowest BCUT2D eigenvalue weighted by atomic mass is 9.99. The van der Waals surface area contributed by atoms with Crippen molar-refractivity contribution in [3.05, 3.63) is 34.3 Å². The third-order valence-electron chi connectivity index (χ3n) is 2.98. The van der Waals surface area contributed by atoms with Crippen LogP contribution < -0.4 is 5.73 Å². The Morgan fingerprint density at radius 2 is 2.00 bits per heavy atom. The molecule has 2 N–H and O–H groups in total. The summed E-state index contributed by atoms with van der Waals surface area (Å²) in [6.07, 6.45) is 6.16. The van der Waals surface area contributed by atoms with Crippen LogP contribution in [0.2, 0.25) is 5.02 Å². The molecule has 0 bridgehead atoms. The van der Waals surface area contributed by atoms with Gasteiger partial charge in [-0.3, -0.25) is 0 Å². The van der Waals surface area contributed by atoms with Crippen molar-refractivity contribution in [2.24, 2.45) is 5.73 Å². The van der Waals surface area contributed by atoms with Crippen molar-refractivity contribution in [2.45, 2.75) is 52.0 Å². The normalized spacial score (nSPS) is 12.8. The Labute approximate surface area is 104 Å². The van der Waals surface area contributed by atoms with E-state index in [2.05, 4.69) is 13.0 Å². The first-order valence-corrected chi connectivity index (χ1v) is 6.54. The molecule has 90 valence electrons. The summed E-state index contributed by atoms with van der Waals surface area (Å²) in [6, 6.07) is 6.25. The lowest BCUT2D eigenvalue weighted by Gasteiger charge is -2.13. The zero-order valence-corrected chi connectivity index (χ0v) is 11.1. The van der Waals surface area contributed by atoms with Crippen molar-refractivity contribution in [2.75, 3.05) is 0 Å². The first-order chi connectivity index (χ1) is 7.65. The summed E-state index contributed by atoms with van der Waals surface area (Å²) >= 11 is 5.99. The zero-order valence-electron chi connectivity index (χ0n) is 10.3. The van der Waals surface area contributed by atoms with Gasteiger partial charge in [-0.15, -0.1) is 0 Å². The van der Waals surface area contributed by atoms with Crippen LogP contribution in [0.4, 0.5) is 0 Å². The number of rotatable bonds is 6. The Balaban J connectivity index is 2.46. The molecular formula is C14H22ClN. The van der Waals surface area contributed by atoms with Gasteiger partial charge < -0.3 is 5.73 Å². The fourth-order valence-electron chi connectivity index (χ4n) is 1.86. The van der Waals surface area contributed by atoms with Crippen LogP contribution in [-0.2, 0) is 0 Å². The van der Waals surface area contributed by atoms with E-state index in [4.69, 9.17) is 17.3 Å². The summed E-state index contributed by atoms with van der Waals surface area (Å²) in [6.45, 7) is 4.25. The molecule has 0 aromatic heterocycles. The van der Waals surface area contributed by atoms with Gasteiger partial charge in [-0.25, -0.2) is 0 Å². The molecule has 0 heterocycles. The van der Waals surface area contributed by atoms with E-state index in [0.717, 1.165) is 17.0 Å². The molecule has 16 heavy (non-hydrogen) atoms. The Kier molecular flexibility index (Phi) is 5.86. The second-order valence-electron chi connectivity index (χ2n) is 4.46. The SMILES string of the molecule is CCCCCCC(N)c1ccc(Cl)c(C)c1. The van der Waals surface area contributed by atoms with Crippen molar-refractivity contribution >= 4 is 11.6 Å². The Hall–Kier alpha value is -0.530. The molecule has 0 aliphatic carbocycles. The lowest BCUT2D eigenvalue weighted by molar-refractivity contribution is 0.566. The molecule has 0 amide bonds. The molecule has 1 atom stereocenters. The smallest absolute Gasteiger partial charge is 0.0435 e. The second kappa shape index (κ2) is 6.93. The Morgan fingerprint density at radius 3 is 2.62 bits per heavy atom. The highest BCUT2D eigenvalue weighted by atomic mass is 35.5. The minimum Gasteiger partial charge on any atom is -0.324 e. The molecule has 1 nitrogen and oxygen atoms in total. The van der Waals surface area contributed by atoms with Gasteiger partial charge in [-0.1, -0.05) is 56.3 Å². The van der Waals surface area contributed by atoms with Crippen molar-refractivity contribution in [1.82, 2.24) is 0 Å². The van der Waals surface area contributed by atoms with Crippen LogP contribution in [0.1, 0.15) is 56.2 Å². The van der Waals surface area contributed by atoms with Crippen LogP contribution in [0.3, 0.4) is 0 Å². The maximum Gasteiger partial charge on any atom is 0.0435 e. The van der Waals surface area contributed by atoms with Crippen molar-refractivity contribution < 1.29 is 0 Å². The molecule has 1 aromatic carbocycles. The molecule has 0 aliphatic heterocycles. The average molecular weight is 240 g/mol. The van der Waals surface area contributed by atoms with Crippen LogP contribution in [0.5, 0.6) is 0 Å². The average Bonchev–Trinajstić information content (AvgIpc) is 2.28. The van der Waals surface area contributed by atoms with Crippen LogP contribution >= 0.6 is 11.6 Å². The number of hydrogen-bond acceptors (Lipinski definition) is 1. The summed E-state index contributed by atoms with van der Waals surface area (Å²) in [7, 11) is 0. The Morgan fingerprint density at radius 1 is 1.25 bits per heavy atom. The van der Waals surface area contributed by atoms with Crippen LogP contribution in [0.15, 0.2) is 18.2 Å². The number of unbranched alkanes of at least 4 members (excludes halogenated alkanes) is 3. The Bertz CT molecular complexity index is 323. The molecule has 1 rings (SSSR count). The summed E-state index contributed by atoms with van der Waals surface area (Å²) in [5.74, 6) is 0. The van der Waals surface area contributed by atoms with Gasteiger partial charge in [0.2, 0.25) is 0 Å². The van der Waals surface area contributed by atoms with Crippen LogP contribution in [-0.4, -0.2) is 0 Å². The van der Waals surface area contributed by atoms with E-state index < -0.39 is 0 Å². The van der Waals surface area contributed by atoms with Gasteiger partial charge in [0.05, 0.1) is 0 Å². The van der Waals surface area contributed by atoms with Gasteiger partial charge in [0.1, 0.15) is 0 Å². The van der Waals surface area contributed by atoms with Gasteiger partial charge >= 0.3 is 0 Å². The summed E-state index contributed by atoms with van der Waals surface area (Å²) < 4.78 is 0. The topological polar surface area (TPSA) is 26.0 Å². The van der Waals surface area contributed by atoms with Crippen molar-refractivity contribution in [3.8, 4) is 0 Å². The van der Waals surface area contributed by atoms with E-state index in [0.29, 0.717) is 0 Å². The fourth-order valence-corrected chi connectivity index (χ4v) is 1.97. The monoisotopic (exact) mass is 239 g/mol. The largest absolute Gasteiger partial charge is 0.324 e. The maximum atomic E-state index is 6.15. The third kappa shape index (κ3) is 4.15. The third-order valence-corrected chi connectivity index (χ3v) is 3.40. The summed E-state index contributed by atoms with van der Waals surface area (Å²) in [5.41, 5.74) is 8.47. The maximum absolute atomic E-state index is 6.15. The molecule has 2 heteroatoms. The van der Waals surface area contributed by atoms with E-state index in [1.807, 2.05) is 19.1 Å². The standard InChI is InChI=1S/C14H22ClN/c1-3-4-5-6-7-14(16)12-8-9-13(15)11(2)10-12/h8-10,14H,3-7,16H2,1-2H3. The van der Waals surface area contributed by atoms with Crippen molar-refractivity contribution in [3.63, 3.8) is 0 Å². The second-order valence-corrected chi connectivity index (χ2v) is 4.87. The van der Waals surface area contributed by atoms with E-state index >= 15 is 0 Å². The van der Waals surface area contributed by atoms with E-state index in [1.54, 1.807) is 0 Å². The summed E-state index contributed by atoms with van der Waals surface area (Å²) in [5, 5.41) is 0.821. The fraction of sp³-hybridized carbons (Fsp3) is 0.571. The molecule has 0 saturated heterocycles. The molecule has 0 radical (unpaired) electrons. The lowest BCUT2D eigenvalue weighted by Crippen LogP contribution is -2.10. The molecule has 0 aliphatic rings. The quantitative estimate of drug-likeness (QED) is 0.721. The first kappa shape index (κ1) is 13.5. The predicted octanol–water partition coefficient (Wildman–Crippen LogP) is 4.62. The number of nitrogens with two attached hydrogens (primary N) is 1. The molecule has 0 fully saturated rings. The van der Waals surface area contributed by atoms with Gasteiger partial charge in [0.25, 0.3) is 0 Å². The minimum atomic E-state index is 0.160. The number of benzene rings is 1. The van der Waals surface area contributed by atoms with Crippen LogP contribution in [0, 0.1) is 6.92 Å². The van der Waals surface area contributed by atoms with E-state index in [9.17, 15) is 0 Å². The predicted molar refractivity (Wildman–Crippen MR) is 71.9 cm³/mol. The minimum absolute atomic E-state index is 0.160. The highest BCUT2D eigenvalue weighted by molar-refractivity contribution is 6.31. The molecule has 1 aromatic rings. The number of hydrogen-bond donors (Lipinski definition) is 1. The van der Waals surface area contributed by atoms with E-state index in [1.165, 1.54) is 31.2 Å². The molecule has 1 unspecified atom stereocenters. The first-order valence-electron chi connectivity index (χ1n) is 6.16. The molecular weight excluding hydrogens is 218 g/mol. The number of halogens is 1. The van der Waals surface area contributed by atoms with Crippen molar-refractivity contribution in [1.29, 1.82) is 0 Å².